The molecule has 2 aromatic heterocycles. The van der Waals surface area contributed by atoms with Gasteiger partial charge in [0.2, 0.25) is 10.7 Å². The summed E-state index contributed by atoms with van der Waals surface area (Å²) in [5.41, 5.74) is 0.884. The van der Waals surface area contributed by atoms with E-state index in [0.29, 0.717) is 5.82 Å². The molecule has 2 aromatic rings. The summed E-state index contributed by atoms with van der Waals surface area (Å²) in [6, 6.07) is 3.80. The second-order valence-corrected chi connectivity index (χ2v) is 6.99. The fraction of sp³-hybridized carbons (Fsp3) is 0.500. The molecule has 2 unspecified atom stereocenters. The zero-order valence-electron chi connectivity index (χ0n) is 13.8. The Bertz CT molecular complexity index is 781. The van der Waals surface area contributed by atoms with E-state index >= 15 is 0 Å². The van der Waals surface area contributed by atoms with Gasteiger partial charge in [-0.25, -0.2) is 9.67 Å². The third-order valence-electron chi connectivity index (χ3n) is 3.93. The smallest absolute Gasteiger partial charge is 0.222 e. The summed E-state index contributed by atoms with van der Waals surface area (Å²) in [7, 11) is 1.87. The zero-order chi connectivity index (χ0) is 17.1. The normalized spacial score (nSPS) is 21.7. The van der Waals surface area contributed by atoms with Gasteiger partial charge in [-0.3, -0.25) is 9.79 Å². The van der Waals surface area contributed by atoms with Crippen LogP contribution in [0.1, 0.15) is 32.6 Å². The van der Waals surface area contributed by atoms with E-state index in [2.05, 4.69) is 15.4 Å². The number of carbonyl (C=O) groups is 1. The van der Waals surface area contributed by atoms with Crippen LogP contribution in [0.15, 0.2) is 23.3 Å². The molecule has 8 heteroatoms. The van der Waals surface area contributed by atoms with Crippen molar-refractivity contribution in [3.63, 3.8) is 0 Å². The molecule has 2 N–H and O–H groups in total. The number of pyridine rings is 1. The van der Waals surface area contributed by atoms with Gasteiger partial charge in [-0.2, -0.15) is 5.10 Å². The standard InChI is InChI=1S/C16H21N5O2S/c1-10(22)18-14-7-6-11(9-17-14)15-20-21(2)16(24-15)19-12-4-3-5-13(23)8-12/h6-7,9,12-13,23H,3-5,8H2,1-2H3,(H,17,18,22). The number of aliphatic hydroxyl groups is 1. The minimum absolute atomic E-state index is 0.147. The van der Waals surface area contributed by atoms with Crippen LogP contribution in [-0.2, 0) is 11.8 Å². The lowest BCUT2D eigenvalue weighted by Gasteiger charge is -2.22. The van der Waals surface area contributed by atoms with Crippen LogP contribution in [0.5, 0.6) is 0 Å². The second-order valence-electron chi connectivity index (χ2n) is 6.03. The first-order valence-electron chi connectivity index (χ1n) is 8.01. The highest BCUT2D eigenvalue weighted by Gasteiger charge is 2.19. The Balaban J connectivity index is 1.81. The molecule has 3 rings (SSSR count). The quantitative estimate of drug-likeness (QED) is 0.884. The van der Waals surface area contributed by atoms with Crippen molar-refractivity contribution in [2.75, 3.05) is 5.32 Å². The predicted molar refractivity (Wildman–Crippen MR) is 92.4 cm³/mol. The van der Waals surface area contributed by atoms with E-state index in [1.165, 1.54) is 18.3 Å². The van der Waals surface area contributed by atoms with Gasteiger partial charge in [0.1, 0.15) is 10.8 Å². The molecule has 2 heterocycles. The number of nitrogens with one attached hydrogen (secondary N) is 1. The number of aliphatic hydroxyl groups excluding tert-OH is 1. The summed E-state index contributed by atoms with van der Waals surface area (Å²) < 4.78 is 1.77. The highest BCUT2D eigenvalue weighted by Crippen LogP contribution is 2.22. The summed E-state index contributed by atoms with van der Waals surface area (Å²) >= 11 is 1.50. The van der Waals surface area contributed by atoms with E-state index < -0.39 is 0 Å². The molecule has 1 aliphatic rings. The van der Waals surface area contributed by atoms with Crippen molar-refractivity contribution in [1.29, 1.82) is 0 Å². The first-order chi connectivity index (χ1) is 11.5. The van der Waals surface area contributed by atoms with E-state index in [1.807, 2.05) is 13.1 Å². The number of rotatable bonds is 3. The lowest BCUT2D eigenvalue weighted by Crippen LogP contribution is -2.25. The predicted octanol–water partition coefficient (Wildman–Crippen LogP) is 1.71. The third-order valence-corrected chi connectivity index (χ3v) is 4.99. The average molecular weight is 347 g/mol. The first kappa shape index (κ1) is 16.8. The number of hydrogen-bond acceptors (Lipinski definition) is 6. The van der Waals surface area contributed by atoms with Crippen molar-refractivity contribution >= 4 is 23.1 Å². The van der Waals surface area contributed by atoms with Gasteiger partial charge in [0.05, 0.1) is 12.1 Å². The van der Waals surface area contributed by atoms with Crippen LogP contribution in [0.2, 0.25) is 0 Å². The van der Waals surface area contributed by atoms with Gasteiger partial charge in [-0.05, 0) is 37.8 Å². The molecule has 2 atom stereocenters. The molecule has 0 saturated heterocycles. The molecule has 1 saturated carbocycles. The molecule has 7 nitrogen and oxygen atoms in total. The van der Waals surface area contributed by atoms with Crippen LogP contribution in [0, 0.1) is 0 Å². The van der Waals surface area contributed by atoms with Crippen molar-refractivity contribution in [3.05, 3.63) is 23.1 Å². The number of hydrogen-bond donors (Lipinski definition) is 2. The fourth-order valence-electron chi connectivity index (χ4n) is 2.77. The molecular formula is C16H21N5O2S. The van der Waals surface area contributed by atoms with Crippen LogP contribution in [0.25, 0.3) is 10.6 Å². The topological polar surface area (TPSA) is 92.4 Å². The highest BCUT2D eigenvalue weighted by molar-refractivity contribution is 7.12. The monoisotopic (exact) mass is 347 g/mol. The number of anilines is 1. The highest BCUT2D eigenvalue weighted by atomic mass is 32.1. The summed E-state index contributed by atoms with van der Waals surface area (Å²) in [6.45, 7) is 1.45. The molecule has 0 bridgehead atoms. The average Bonchev–Trinajstić information content (AvgIpc) is 2.88. The van der Waals surface area contributed by atoms with Crippen molar-refractivity contribution in [2.45, 2.75) is 44.8 Å². The van der Waals surface area contributed by atoms with Gasteiger partial charge in [0, 0.05) is 25.7 Å². The van der Waals surface area contributed by atoms with Gasteiger partial charge in [0.25, 0.3) is 0 Å². The minimum Gasteiger partial charge on any atom is -0.393 e. The molecule has 0 aliphatic heterocycles. The molecule has 128 valence electrons. The minimum atomic E-state index is -0.240. The molecule has 24 heavy (non-hydrogen) atoms. The number of aryl methyl sites for hydroxylation is 1. The summed E-state index contributed by atoms with van der Waals surface area (Å²) in [5, 5.41) is 17.8. The molecule has 1 fully saturated rings. The van der Waals surface area contributed by atoms with Crippen LogP contribution in [-0.4, -0.2) is 37.9 Å². The van der Waals surface area contributed by atoms with Gasteiger partial charge in [-0.1, -0.05) is 11.3 Å². The van der Waals surface area contributed by atoms with Gasteiger partial charge in [-0.15, -0.1) is 0 Å². The molecule has 1 aliphatic carbocycles. The van der Waals surface area contributed by atoms with Gasteiger partial charge in [0.15, 0.2) is 0 Å². The van der Waals surface area contributed by atoms with E-state index in [-0.39, 0.29) is 18.1 Å². The van der Waals surface area contributed by atoms with E-state index in [0.717, 1.165) is 41.1 Å². The van der Waals surface area contributed by atoms with E-state index in [4.69, 9.17) is 4.99 Å². The summed E-state index contributed by atoms with van der Waals surface area (Å²) in [5.74, 6) is 0.375. The van der Waals surface area contributed by atoms with E-state index in [9.17, 15) is 9.90 Å². The van der Waals surface area contributed by atoms with Gasteiger partial charge >= 0.3 is 0 Å². The lowest BCUT2D eigenvalue weighted by molar-refractivity contribution is -0.114. The van der Waals surface area contributed by atoms with Crippen LogP contribution >= 0.6 is 11.3 Å². The fourth-order valence-corrected chi connectivity index (χ4v) is 3.72. The largest absolute Gasteiger partial charge is 0.393 e. The van der Waals surface area contributed by atoms with E-state index in [1.54, 1.807) is 16.9 Å². The Labute approximate surface area is 144 Å². The molecule has 0 aromatic carbocycles. The maximum atomic E-state index is 11.0. The van der Waals surface area contributed by atoms with Crippen molar-refractivity contribution < 1.29 is 9.90 Å². The van der Waals surface area contributed by atoms with Crippen molar-refractivity contribution in [1.82, 2.24) is 14.8 Å². The van der Waals surface area contributed by atoms with Crippen LogP contribution in [0.4, 0.5) is 5.82 Å². The van der Waals surface area contributed by atoms with Gasteiger partial charge < -0.3 is 10.4 Å². The number of nitrogens with zero attached hydrogens (tertiary/aromatic N) is 4. The summed E-state index contributed by atoms with van der Waals surface area (Å²) in [6.07, 6.45) is 5.07. The van der Waals surface area contributed by atoms with Crippen molar-refractivity contribution in [3.8, 4) is 10.6 Å². The SMILES string of the molecule is CC(=O)Nc1ccc(-c2nn(C)c(=NC3CCCC(O)C3)s2)cn1. The summed E-state index contributed by atoms with van der Waals surface area (Å²) in [4.78, 5) is 20.9. The second kappa shape index (κ2) is 7.23. The maximum absolute atomic E-state index is 11.0. The maximum Gasteiger partial charge on any atom is 0.222 e. The molecular weight excluding hydrogens is 326 g/mol. The van der Waals surface area contributed by atoms with Crippen LogP contribution < -0.4 is 10.1 Å². The Morgan fingerprint density at radius 3 is 2.96 bits per heavy atom. The Kier molecular flexibility index (Phi) is 5.06. The third kappa shape index (κ3) is 4.07. The molecule has 1 amide bonds. The number of carbonyl (C=O) groups excluding carboxylic acids is 1. The van der Waals surface area contributed by atoms with Crippen molar-refractivity contribution in [2.24, 2.45) is 12.0 Å². The first-order valence-corrected chi connectivity index (χ1v) is 8.83. The zero-order valence-corrected chi connectivity index (χ0v) is 14.6. The number of aromatic nitrogens is 3. The Hall–Kier alpha value is -2.06. The Morgan fingerprint density at radius 2 is 2.29 bits per heavy atom. The molecule has 0 radical (unpaired) electrons. The number of amides is 1. The Morgan fingerprint density at radius 1 is 1.46 bits per heavy atom. The lowest BCUT2D eigenvalue weighted by atomic mass is 9.94. The van der Waals surface area contributed by atoms with Crippen LogP contribution in [0.3, 0.4) is 0 Å². The molecule has 0 spiro atoms.